The van der Waals surface area contributed by atoms with E-state index in [1.165, 1.54) is 16.8 Å². The van der Waals surface area contributed by atoms with Crippen LogP contribution in [0.15, 0.2) is 94.9 Å². The standard InChI is InChI=1S/C23H20N4O2S/c24-17-11-13-19(14-12-17)30-22(16-7-3-1-4-8-16)23(29)25-20-15-21(28)27(26-20)18-9-5-2-6-10-18/h1-14,22H,15,24H2,(H,25,26,29). The molecule has 0 fully saturated rings. The first-order chi connectivity index (χ1) is 14.6. The number of nitrogens with one attached hydrogen (secondary N) is 1. The summed E-state index contributed by atoms with van der Waals surface area (Å²) in [7, 11) is 0. The average Bonchev–Trinajstić information content (AvgIpc) is 3.14. The molecule has 30 heavy (non-hydrogen) atoms. The van der Waals surface area contributed by atoms with Crippen molar-refractivity contribution < 1.29 is 9.59 Å². The quantitative estimate of drug-likeness (QED) is 0.487. The molecular weight excluding hydrogens is 396 g/mol. The number of hydrogen-bond acceptors (Lipinski definition) is 5. The number of rotatable bonds is 5. The molecule has 0 saturated heterocycles. The van der Waals surface area contributed by atoms with E-state index in [1.807, 2.05) is 60.7 Å². The van der Waals surface area contributed by atoms with Crippen molar-refractivity contribution in [2.45, 2.75) is 16.6 Å². The van der Waals surface area contributed by atoms with E-state index in [1.54, 1.807) is 24.3 Å². The van der Waals surface area contributed by atoms with Gasteiger partial charge in [-0.25, -0.2) is 0 Å². The smallest absolute Gasteiger partial charge is 0.255 e. The van der Waals surface area contributed by atoms with Gasteiger partial charge in [0.15, 0.2) is 0 Å². The molecule has 3 aromatic rings. The lowest BCUT2D eigenvalue weighted by Gasteiger charge is -2.17. The summed E-state index contributed by atoms with van der Waals surface area (Å²) in [5.41, 5.74) is 7.97. The highest BCUT2D eigenvalue weighted by molar-refractivity contribution is 8.00. The van der Waals surface area contributed by atoms with Crippen LogP contribution in [-0.4, -0.2) is 17.6 Å². The Morgan fingerprint density at radius 1 is 0.967 bits per heavy atom. The van der Waals surface area contributed by atoms with Crippen LogP contribution in [0.1, 0.15) is 17.2 Å². The lowest BCUT2D eigenvalue weighted by Crippen LogP contribution is -2.33. The van der Waals surface area contributed by atoms with Crippen molar-refractivity contribution in [3.05, 3.63) is 90.5 Å². The van der Waals surface area contributed by atoms with Gasteiger partial charge in [0.25, 0.3) is 5.91 Å². The molecule has 0 bridgehead atoms. The number of hydrazone groups is 1. The number of anilines is 2. The SMILES string of the molecule is Nc1ccc(SC(C(=O)NC2=NN(c3ccccc3)C(=O)C2)c2ccccc2)cc1. The maximum atomic E-state index is 13.2. The van der Waals surface area contributed by atoms with Crippen LogP contribution in [0.25, 0.3) is 0 Å². The van der Waals surface area contributed by atoms with Crippen molar-refractivity contribution in [1.82, 2.24) is 5.32 Å². The van der Waals surface area contributed by atoms with Gasteiger partial charge >= 0.3 is 0 Å². The monoisotopic (exact) mass is 416 g/mol. The Bertz CT molecular complexity index is 1070. The predicted octanol–water partition coefficient (Wildman–Crippen LogP) is 3.97. The highest BCUT2D eigenvalue weighted by atomic mass is 32.2. The van der Waals surface area contributed by atoms with Crippen molar-refractivity contribution in [3.63, 3.8) is 0 Å². The zero-order valence-electron chi connectivity index (χ0n) is 16.1. The van der Waals surface area contributed by atoms with Crippen LogP contribution in [0.4, 0.5) is 11.4 Å². The predicted molar refractivity (Wildman–Crippen MR) is 120 cm³/mol. The van der Waals surface area contributed by atoms with Crippen LogP contribution in [0.5, 0.6) is 0 Å². The molecule has 1 aliphatic rings. The highest BCUT2D eigenvalue weighted by Gasteiger charge is 2.29. The number of carbonyl (C=O) groups excluding carboxylic acids is 2. The van der Waals surface area contributed by atoms with E-state index in [0.29, 0.717) is 17.2 Å². The van der Waals surface area contributed by atoms with E-state index in [9.17, 15) is 9.59 Å². The van der Waals surface area contributed by atoms with Gasteiger partial charge in [0.2, 0.25) is 5.91 Å². The molecule has 7 heteroatoms. The zero-order chi connectivity index (χ0) is 20.9. The van der Waals surface area contributed by atoms with Gasteiger partial charge < -0.3 is 11.1 Å². The molecule has 1 unspecified atom stereocenters. The molecule has 2 amide bonds. The van der Waals surface area contributed by atoms with E-state index in [-0.39, 0.29) is 18.2 Å². The third-order valence-electron chi connectivity index (χ3n) is 4.52. The fraction of sp³-hybridized carbons (Fsp3) is 0.0870. The second-order valence-electron chi connectivity index (χ2n) is 6.73. The van der Waals surface area contributed by atoms with Crippen molar-refractivity contribution >= 4 is 40.8 Å². The third kappa shape index (κ3) is 4.52. The molecule has 0 aliphatic carbocycles. The van der Waals surface area contributed by atoms with Gasteiger partial charge in [-0.15, -0.1) is 11.8 Å². The summed E-state index contributed by atoms with van der Waals surface area (Å²) >= 11 is 1.42. The fourth-order valence-electron chi connectivity index (χ4n) is 3.06. The molecule has 0 spiro atoms. The van der Waals surface area contributed by atoms with Gasteiger partial charge in [-0.1, -0.05) is 48.5 Å². The van der Waals surface area contributed by atoms with Crippen LogP contribution >= 0.6 is 11.8 Å². The zero-order valence-corrected chi connectivity index (χ0v) is 16.9. The van der Waals surface area contributed by atoms with Gasteiger partial charge in [0.1, 0.15) is 11.1 Å². The summed E-state index contributed by atoms with van der Waals surface area (Å²) in [5.74, 6) is -0.0730. The Hall–Kier alpha value is -3.58. The van der Waals surface area contributed by atoms with Crippen molar-refractivity contribution in [1.29, 1.82) is 0 Å². The van der Waals surface area contributed by atoms with E-state index < -0.39 is 5.25 Å². The minimum atomic E-state index is -0.501. The van der Waals surface area contributed by atoms with Crippen LogP contribution in [0.2, 0.25) is 0 Å². The molecule has 6 nitrogen and oxygen atoms in total. The van der Waals surface area contributed by atoms with Crippen LogP contribution in [0.3, 0.4) is 0 Å². The summed E-state index contributed by atoms with van der Waals surface area (Å²) in [6.07, 6.45) is 0.0503. The maximum Gasteiger partial charge on any atom is 0.255 e. The topological polar surface area (TPSA) is 87.8 Å². The van der Waals surface area contributed by atoms with E-state index >= 15 is 0 Å². The van der Waals surface area contributed by atoms with Crippen molar-refractivity contribution in [2.24, 2.45) is 5.10 Å². The lowest BCUT2D eigenvalue weighted by atomic mass is 10.1. The van der Waals surface area contributed by atoms with E-state index in [4.69, 9.17) is 5.73 Å². The number of benzene rings is 3. The summed E-state index contributed by atoms with van der Waals surface area (Å²) in [4.78, 5) is 26.4. The van der Waals surface area contributed by atoms with Gasteiger partial charge in [-0.3, -0.25) is 9.59 Å². The molecule has 4 rings (SSSR count). The summed E-state index contributed by atoms with van der Waals surface area (Å²) in [6, 6.07) is 26.0. The number of para-hydroxylation sites is 1. The first-order valence-corrected chi connectivity index (χ1v) is 10.3. The Labute approximate surface area is 178 Å². The molecule has 3 N–H and O–H groups in total. The first kappa shape index (κ1) is 19.7. The van der Waals surface area contributed by atoms with Crippen LogP contribution < -0.4 is 16.1 Å². The average molecular weight is 417 g/mol. The number of nitrogens with two attached hydrogens (primary N) is 1. The van der Waals surface area contributed by atoms with Gasteiger partial charge in [0, 0.05) is 10.6 Å². The molecule has 0 radical (unpaired) electrons. The summed E-state index contributed by atoms with van der Waals surface area (Å²) in [6.45, 7) is 0. The molecular formula is C23H20N4O2S. The molecule has 0 aromatic heterocycles. The molecule has 3 aromatic carbocycles. The normalized spacial score (nSPS) is 14.3. The van der Waals surface area contributed by atoms with Crippen LogP contribution in [0, 0.1) is 0 Å². The molecule has 0 saturated carbocycles. The summed E-state index contributed by atoms with van der Waals surface area (Å²) < 4.78 is 0. The minimum Gasteiger partial charge on any atom is -0.399 e. The van der Waals surface area contributed by atoms with Crippen LogP contribution in [-0.2, 0) is 9.59 Å². The van der Waals surface area contributed by atoms with E-state index in [2.05, 4.69) is 10.4 Å². The molecule has 150 valence electrons. The summed E-state index contributed by atoms with van der Waals surface area (Å²) in [5, 5.41) is 7.98. The largest absolute Gasteiger partial charge is 0.399 e. The number of amides is 2. The number of nitrogens with zero attached hydrogens (tertiary/aromatic N) is 2. The second kappa shape index (κ2) is 8.84. The fourth-order valence-corrected chi connectivity index (χ4v) is 4.09. The highest BCUT2D eigenvalue weighted by Crippen LogP contribution is 2.36. The second-order valence-corrected chi connectivity index (χ2v) is 7.91. The Kier molecular flexibility index (Phi) is 5.81. The maximum absolute atomic E-state index is 13.2. The van der Waals surface area contributed by atoms with Gasteiger partial charge in [-0.05, 0) is 42.0 Å². The van der Waals surface area contributed by atoms with Crippen molar-refractivity contribution in [2.75, 3.05) is 10.7 Å². The lowest BCUT2D eigenvalue weighted by molar-refractivity contribution is -0.119. The number of thioether (sulfide) groups is 1. The third-order valence-corrected chi connectivity index (χ3v) is 5.78. The Morgan fingerprint density at radius 3 is 2.27 bits per heavy atom. The Balaban J connectivity index is 1.55. The van der Waals surface area contributed by atoms with Gasteiger partial charge in [-0.2, -0.15) is 10.1 Å². The number of amidine groups is 1. The molecule has 1 heterocycles. The minimum absolute atomic E-state index is 0.0503. The number of carbonyl (C=O) groups is 2. The van der Waals surface area contributed by atoms with Gasteiger partial charge in [0.05, 0.1) is 12.1 Å². The number of nitrogen functional groups attached to an aromatic ring is 1. The van der Waals surface area contributed by atoms with E-state index in [0.717, 1.165) is 10.5 Å². The van der Waals surface area contributed by atoms with Crippen molar-refractivity contribution in [3.8, 4) is 0 Å². The molecule has 1 atom stereocenters. The number of hydrogen-bond donors (Lipinski definition) is 2. The molecule has 1 aliphatic heterocycles. The Morgan fingerprint density at radius 2 is 1.60 bits per heavy atom. The first-order valence-electron chi connectivity index (χ1n) is 9.43.